The van der Waals surface area contributed by atoms with Gasteiger partial charge in [0.25, 0.3) is 5.78 Å². The number of anilines is 1. The van der Waals surface area contributed by atoms with Crippen LogP contribution in [0.2, 0.25) is 0 Å². The summed E-state index contributed by atoms with van der Waals surface area (Å²) in [6, 6.07) is 16.1. The van der Waals surface area contributed by atoms with Crippen LogP contribution >= 0.6 is 0 Å². The first-order valence-corrected chi connectivity index (χ1v) is 10.8. The first-order valence-electron chi connectivity index (χ1n) is 10.8. The van der Waals surface area contributed by atoms with E-state index in [4.69, 9.17) is 0 Å². The van der Waals surface area contributed by atoms with Crippen molar-refractivity contribution in [1.29, 1.82) is 0 Å². The van der Waals surface area contributed by atoms with Crippen LogP contribution in [0.3, 0.4) is 0 Å². The number of nitrogens with zero attached hydrogens (tertiary/aromatic N) is 8. The third-order valence-electron chi connectivity index (χ3n) is 5.61. The van der Waals surface area contributed by atoms with E-state index < -0.39 is 0 Å². The number of hydrogen-bond acceptors (Lipinski definition) is 8. The quantitative estimate of drug-likeness (QED) is 0.395. The molecule has 3 aromatic heterocycles. The van der Waals surface area contributed by atoms with Gasteiger partial charge < -0.3 is 10.0 Å². The average molecular weight is 441 g/mol. The van der Waals surface area contributed by atoms with Crippen LogP contribution in [0.15, 0.2) is 54.7 Å². The predicted molar refractivity (Wildman–Crippen MR) is 124 cm³/mol. The Morgan fingerprint density at radius 1 is 0.970 bits per heavy atom. The van der Waals surface area contributed by atoms with Gasteiger partial charge in [0.1, 0.15) is 0 Å². The molecule has 33 heavy (non-hydrogen) atoms. The molecule has 0 fully saturated rings. The highest BCUT2D eigenvalue weighted by Crippen LogP contribution is 2.30. The van der Waals surface area contributed by atoms with Gasteiger partial charge in [0, 0.05) is 36.8 Å². The Kier molecular flexibility index (Phi) is 5.39. The number of fused-ring (bicyclic) bond motifs is 1. The molecule has 0 amide bonds. The summed E-state index contributed by atoms with van der Waals surface area (Å²) in [5.74, 6) is 1.57. The lowest BCUT2D eigenvalue weighted by atomic mass is 9.97. The smallest absolute Gasteiger partial charge is 0.257 e. The third kappa shape index (κ3) is 3.98. The molecule has 2 N–H and O–H groups in total. The molecule has 166 valence electrons. The molecule has 0 aliphatic heterocycles. The number of nitrogens with one attached hydrogen (secondary N) is 1. The molecule has 5 aromatic rings. The van der Waals surface area contributed by atoms with Crippen LogP contribution in [0.5, 0.6) is 5.88 Å². The van der Waals surface area contributed by atoms with Gasteiger partial charge in [-0.2, -0.15) is 9.97 Å². The first-order chi connectivity index (χ1) is 16.2. The molecule has 0 aliphatic rings. The molecule has 5 rings (SSSR count). The van der Waals surface area contributed by atoms with Crippen LogP contribution in [0.25, 0.3) is 28.3 Å². The fraction of sp³-hybridized carbons (Fsp3) is 0.217. The van der Waals surface area contributed by atoms with Gasteiger partial charge in [-0.15, -0.1) is 10.2 Å². The molecule has 0 saturated heterocycles. The number of hydrogen-bond donors (Lipinski definition) is 2. The van der Waals surface area contributed by atoms with Crippen LogP contribution in [0.1, 0.15) is 25.0 Å². The van der Waals surface area contributed by atoms with Crippen LogP contribution < -0.4 is 4.90 Å². The number of benzene rings is 2. The molecule has 0 bridgehead atoms. The van der Waals surface area contributed by atoms with Gasteiger partial charge >= 0.3 is 0 Å². The van der Waals surface area contributed by atoms with Crippen molar-refractivity contribution in [3.8, 4) is 28.4 Å². The van der Waals surface area contributed by atoms with Gasteiger partial charge in [-0.1, -0.05) is 48.5 Å². The average Bonchev–Trinajstić information content (AvgIpc) is 3.51. The largest absolute Gasteiger partial charge is 0.493 e. The van der Waals surface area contributed by atoms with E-state index in [-0.39, 0.29) is 5.88 Å². The number of H-pyrrole nitrogens is 1. The minimum absolute atomic E-state index is 0.0340. The number of tetrazole rings is 1. The van der Waals surface area contributed by atoms with Crippen molar-refractivity contribution in [3.63, 3.8) is 0 Å². The van der Waals surface area contributed by atoms with Crippen LogP contribution in [0, 0.1) is 0 Å². The lowest BCUT2D eigenvalue weighted by Gasteiger charge is -2.14. The van der Waals surface area contributed by atoms with Gasteiger partial charge in [0.2, 0.25) is 11.8 Å². The molecule has 0 unspecified atom stereocenters. The van der Waals surface area contributed by atoms with Crippen molar-refractivity contribution in [2.75, 3.05) is 18.0 Å². The Morgan fingerprint density at radius 2 is 1.73 bits per heavy atom. The summed E-state index contributed by atoms with van der Waals surface area (Å²) in [7, 11) is 0. The monoisotopic (exact) mass is 441 g/mol. The SMILES string of the molecule is CCN(CC)c1nc2nc(O)c(Cc3ccc(-c4ccccc4-c4nnn[nH]4)cc3)cn2n1. The van der Waals surface area contributed by atoms with Crippen LogP contribution in [-0.4, -0.2) is 58.4 Å². The molecule has 0 atom stereocenters. The summed E-state index contributed by atoms with van der Waals surface area (Å²) in [5, 5.41) is 29.2. The lowest BCUT2D eigenvalue weighted by molar-refractivity contribution is 0.446. The number of aromatic nitrogens is 8. The molecular formula is C23H23N9O. The second kappa shape index (κ2) is 8.65. The standard InChI is InChI=1S/C23H23N9O/c1-3-31(4-2)23-25-22-24-21(33)17(14-32(22)28-23)13-15-9-11-16(12-10-15)18-7-5-6-8-19(18)20-26-29-30-27-20/h5-12,14H,3-4,13H2,1-2H3,(H,24,25,28,33)(H,26,27,29,30). The number of rotatable bonds is 7. The zero-order valence-corrected chi connectivity index (χ0v) is 18.3. The van der Waals surface area contributed by atoms with Crippen molar-refractivity contribution in [1.82, 2.24) is 40.2 Å². The maximum atomic E-state index is 10.5. The Hall–Kier alpha value is -4.34. The molecule has 2 aromatic carbocycles. The van der Waals surface area contributed by atoms with E-state index in [0.717, 1.165) is 35.3 Å². The lowest BCUT2D eigenvalue weighted by Crippen LogP contribution is -2.23. The van der Waals surface area contributed by atoms with Crippen molar-refractivity contribution in [2.24, 2.45) is 0 Å². The van der Waals surface area contributed by atoms with Crippen molar-refractivity contribution in [3.05, 3.63) is 65.9 Å². The van der Waals surface area contributed by atoms with Crippen molar-refractivity contribution < 1.29 is 5.11 Å². The van der Waals surface area contributed by atoms with Gasteiger partial charge in [-0.05, 0) is 41.0 Å². The fourth-order valence-electron chi connectivity index (χ4n) is 3.84. The van der Waals surface area contributed by atoms with E-state index in [0.29, 0.717) is 29.5 Å². The molecule has 0 radical (unpaired) electrons. The second-order valence-corrected chi connectivity index (χ2v) is 7.59. The fourth-order valence-corrected chi connectivity index (χ4v) is 3.84. The normalized spacial score (nSPS) is 11.2. The first kappa shape index (κ1) is 20.6. The van der Waals surface area contributed by atoms with Gasteiger partial charge in [0.15, 0.2) is 5.82 Å². The molecule has 10 heteroatoms. The summed E-state index contributed by atoms with van der Waals surface area (Å²) < 4.78 is 1.62. The topological polar surface area (TPSA) is 121 Å². The highest BCUT2D eigenvalue weighted by Gasteiger charge is 2.14. The second-order valence-electron chi connectivity index (χ2n) is 7.59. The van der Waals surface area contributed by atoms with Crippen LogP contribution in [0.4, 0.5) is 5.95 Å². The summed E-state index contributed by atoms with van der Waals surface area (Å²) in [5.41, 5.74) is 4.72. The maximum absolute atomic E-state index is 10.5. The number of aromatic hydroxyl groups is 1. The molecule has 0 saturated carbocycles. The molecule has 10 nitrogen and oxygen atoms in total. The van der Waals surface area contributed by atoms with Crippen LogP contribution in [-0.2, 0) is 6.42 Å². The Bertz CT molecular complexity index is 1370. The Balaban J connectivity index is 1.42. The van der Waals surface area contributed by atoms with E-state index in [9.17, 15) is 5.11 Å². The molecule has 3 heterocycles. The minimum atomic E-state index is -0.0340. The van der Waals surface area contributed by atoms with E-state index in [2.05, 4.69) is 61.7 Å². The molecule has 0 spiro atoms. The van der Waals surface area contributed by atoms with E-state index >= 15 is 0 Å². The highest BCUT2D eigenvalue weighted by molar-refractivity contribution is 5.80. The zero-order chi connectivity index (χ0) is 22.8. The van der Waals surface area contributed by atoms with Gasteiger partial charge in [-0.25, -0.2) is 9.61 Å². The van der Waals surface area contributed by atoms with Crippen molar-refractivity contribution in [2.45, 2.75) is 20.3 Å². The maximum Gasteiger partial charge on any atom is 0.257 e. The molecule has 0 aliphatic carbocycles. The van der Waals surface area contributed by atoms with E-state index in [1.807, 2.05) is 41.3 Å². The van der Waals surface area contributed by atoms with E-state index in [1.165, 1.54) is 0 Å². The Labute approximate surface area is 190 Å². The summed E-state index contributed by atoms with van der Waals surface area (Å²) in [6.45, 7) is 5.70. The van der Waals surface area contributed by atoms with E-state index in [1.54, 1.807) is 10.7 Å². The zero-order valence-electron chi connectivity index (χ0n) is 18.3. The summed E-state index contributed by atoms with van der Waals surface area (Å²) in [6.07, 6.45) is 2.31. The predicted octanol–water partition coefficient (Wildman–Crippen LogP) is 3.11. The van der Waals surface area contributed by atoms with Gasteiger partial charge in [0.05, 0.1) is 0 Å². The van der Waals surface area contributed by atoms with Gasteiger partial charge in [-0.3, -0.25) is 0 Å². The Morgan fingerprint density at radius 3 is 2.42 bits per heavy atom. The summed E-state index contributed by atoms with van der Waals surface area (Å²) in [4.78, 5) is 10.7. The minimum Gasteiger partial charge on any atom is -0.493 e. The van der Waals surface area contributed by atoms with Crippen molar-refractivity contribution >= 4 is 11.7 Å². The summed E-state index contributed by atoms with van der Waals surface area (Å²) >= 11 is 0. The number of aromatic amines is 1. The molecular weight excluding hydrogens is 418 g/mol. The highest BCUT2D eigenvalue weighted by atomic mass is 16.3. The third-order valence-corrected chi connectivity index (χ3v) is 5.61.